The summed E-state index contributed by atoms with van der Waals surface area (Å²) in [5, 5.41) is 6.87. The van der Waals surface area contributed by atoms with Crippen LogP contribution in [0.4, 0.5) is 5.69 Å². The van der Waals surface area contributed by atoms with E-state index in [1.54, 1.807) is 0 Å². The number of hydrogen-bond donors (Lipinski definition) is 2. The maximum Gasteiger partial charge on any atom is 0.251 e. The first-order valence-corrected chi connectivity index (χ1v) is 11.3. The van der Waals surface area contributed by atoms with E-state index in [1.807, 2.05) is 6.07 Å². The van der Waals surface area contributed by atoms with Crippen molar-refractivity contribution in [2.75, 3.05) is 31.5 Å². The van der Waals surface area contributed by atoms with E-state index < -0.39 is 0 Å². The first-order valence-electron chi connectivity index (χ1n) is 11.3. The van der Waals surface area contributed by atoms with Crippen LogP contribution >= 0.6 is 0 Å². The average molecular weight is 404 g/mol. The highest BCUT2D eigenvalue weighted by Gasteiger charge is 2.38. The molecule has 3 atom stereocenters. The second-order valence-electron chi connectivity index (χ2n) is 8.42. The summed E-state index contributed by atoms with van der Waals surface area (Å²) in [5.41, 5.74) is 5.85. The Morgan fingerprint density at radius 1 is 1.13 bits per heavy atom. The number of allylic oxidation sites excluding steroid dienone is 2. The van der Waals surface area contributed by atoms with Gasteiger partial charge in [-0.25, -0.2) is 0 Å². The minimum atomic E-state index is 0.0181. The van der Waals surface area contributed by atoms with Crippen LogP contribution in [-0.2, 0) is 0 Å². The van der Waals surface area contributed by atoms with Crippen LogP contribution in [0.15, 0.2) is 54.6 Å². The summed E-state index contributed by atoms with van der Waals surface area (Å²) >= 11 is 0. The van der Waals surface area contributed by atoms with Crippen LogP contribution < -0.4 is 10.6 Å². The lowest BCUT2D eigenvalue weighted by molar-refractivity contribution is 0.0949. The van der Waals surface area contributed by atoms with Crippen LogP contribution in [0.3, 0.4) is 0 Å². The number of aryl methyl sites for hydroxylation is 1. The maximum absolute atomic E-state index is 12.7. The van der Waals surface area contributed by atoms with E-state index in [9.17, 15) is 4.79 Å². The first-order chi connectivity index (χ1) is 14.6. The number of nitrogens with one attached hydrogen (secondary N) is 2. The van der Waals surface area contributed by atoms with E-state index in [2.05, 4.69) is 84.9 Å². The fraction of sp³-hybridized carbons (Fsp3) is 0.423. The molecule has 0 aromatic heterocycles. The summed E-state index contributed by atoms with van der Waals surface area (Å²) in [6.45, 7) is 10.1. The van der Waals surface area contributed by atoms with Gasteiger partial charge >= 0.3 is 0 Å². The van der Waals surface area contributed by atoms with E-state index >= 15 is 0 Å². The highest BCUT2D eigenvalue weighted by molar-refractivity contribution is 5.95. The van der Waals surface area contributed by atoms with Gasteiger partial charge in [-0.2, -0.15) is 0 Å². The summed E-state index contributed by atoms with van der Waals surface area (Å²) in [7, 11) is 0. The van der Waals surface area contributed by atoms with Gasteiger partial charge in [0.05, 0.1) is 6.04 Å². The monoisotopic (exact) mass is 403 g/mol. The maximum atomic E-state index is 12.7. The summed E-state index contributed by atoms with van der Waals surface area (Å²) in [4.78, 5) is 15.1. The Hall–Kier alpha value is -2.59. The van der Waals surface area contributed by atoms with Crippen LogP contribution in [-0.4, -0.2) is 37.0 Å². The predicted octanol–water partition coefficient (Wildman–Crippen LogP) is 4.89. The number of rotatable bonds is 7. The predicted molar refractivity (Wildman–Crippen MR) is 124 cm³/mol. The molecule has 2 N–H and O–H groups in total. The summed E-state index contributed by atoms with van der Waals surface area (Å²) in [6, 6.07) is 15.1. The van der Waals surface area contributed by atoms with Crippen molar-refractivity contribution in [3.8, 4) is 0 Å². The second kappa shape index (κ2) is 9.05. The highest BCUT2D eigenvalue weighted by atomic mass is 16.1. The average Bonchev–Trinajstić information content (AvgIpc) is 3.26. The molecule has 0 saturated heterocycles. The normalized spacial score (nSPS) is 21.8. The molecule has 4 rings (SSSR count). The quantitative estimate of drug-likeness (QED) is 0.647. The van der Waals surface area contributed by atoms with Crippen molar-refractivity contribution < 1.29 is 4.79 Å². The van der Waals surface area contributed by atoms with Crippen molar-refractivity contribution in [1.82, 2.24) is 10.2 Å². The van der Waals surface area contributed by atoms with Gasteiger partial charge in [0.25, 0.3) is 5.91 Å². The molecular formula is C26H33N3O. The molecule has 2 aromatic rings. The number of benzene rings is 2. The molecule has 1 aliphatic carbocycles. The molecule has 1 aliphatic heterocycles. The lowest BCUT2D eigenvalue weighted by Gasteiger charge is -2.38. The third-order valence-electron chi connectivity index (χ3n) is 6.76. The zero-order chi connectivity index (χ0) is 21.1. The zero-order valence-electron chi connectivity index (χ0n) is 18.3. The number of fused-ring (bicyclic) bond motifs is 3. The minimum Gasteiger partial charge on any atom is -0.378 e. The van der Waals surface area contributed by atoms with Gasteiger partial charge in [0.15, 0.2) is 0 Å². The molecule has 0 radical (unpaired) electrons. The third kappa shape index (κ3) is 4.01. The van der Waals surface area contributed by atoms with Crippen molar-refractivity contribution in [1.29, 1.82) is 0 Å². The Bertz CT molecular complexity index is 932. The van der Waals surface area contributed by atoms with E-state index in [4.69, 9.17) is 0 Å². The number of anilines is 1. The zero-order valence-corrected chi connectivity index (χ0v) is 18.3. The fourth-order valence-corrected chi connectivity index (χ4v) is 4.95. The van der Waals surface area contributed by atoms with Crippen LogP contribution in [0.5, 0.6) is 0 Å². The number of nitrogens with zero attached hydrogens (tertiary/aromatic N) is 1. The first kappa shape index (κ1) is 20.7. The van der Waals surface area contributed by atoms with Crippen molar-refractivity contribution in [2.24, 2.45) is 5.92 Å². The van der Waals surface area contributed by atoms with Crippen molar-refractivity contribution >= 4 is 11.6 Å². The van der Waals surface area contributed by atoms with E-state index in [0.717, 1.165) is 37.3 Å². The minimum absolute atomic E-state index is 0.0181. The van der Waals surface area contributed by atoms with E-state index in [0.29, 0.717) is 24.4 Å². The Labute approximate surface area is 180 Å². The summed E-state index contributed by atoms with van der Waals surface area (Å²) < 4.78 is 0. The Balaban J connectivity index is 1.53. The Morgan fingerprint density at radius 2 is 1.93 bits per heavy atom. The van der Waals surface area contributed by atoms with Crippen molar-refractivity contribution in [2.45, 2.75) is 39.2 Å². The van der Waals surface area contributed by atoms with E-state index in [-0.39, 0.29) is 5.91 Å². The molecule has 3 unspecified atom stereocenters. The molecule has 0 bridgehead atoms. The summed E-state index contributed by atoms with van der Waals surface area (Å²) in [6.07, 6.45) is 5.70. The van der Waals surface area contributed by atoms with Gasteiger partial charge in [0.1, 0.15) is 0 Å². The van der Waals surface area contributed by atoms with E-state index in [1.165, 1.54) is 16.7 Å². The lowest BCUT2D eigenvalue weighted by atomic mass is 9.76. The topological polar surface area (TPSA) is 44.4 Å². The van der Waals surface area contributed by atoms with Crippen LogP contribution in [0.2, 0.25) is 0 Å². The third-order valence-corrected chi connectivity index (χ3v) is 6.76. The number of carbonyl (C=O) groups is 1. The second-order valence-corrected chi connectivity index (χ2v) is 8.42. The molecule has 4 heteroatoms. The molecule has 0 spiro atoms. The molecule has 0 fully saturated rings. The number of carbonyl (C=O) groups excluding carboxylic acids is 1. The number of hydrogen-bond acceptors (Lipinski definition) is 3. The van der Waals surface area contributed by atoms with Gasteiger partial charge in [0, 0.05) is 30.3 Å². The smallest absolute Gasteiger partial charge is 0.251 e. The van der Waals surface area contributed by atoms with Crippen LogP contribution in [0, 0.1) is 12.8 Å². The largest absolute Gasteiger partial charge is 0.378 e. The van der Waals surface area contributed by atoms with Gasteiger partial charge in [0.2, 0.25) is 0 Å². The lowest BCUT2D eigenvalue weighted by Crippen LogP contribution is -2.35. The number of amides is 1. The number of likely N-dealkylation sites (N-methyl/N-ethyl adjacent to an activating group) is 1. The molecular weight excluding hydrogens is 370 g/mol. The fourth-order valence-electron chi connectivity index (χ4n) is 4.95. The molecule has 4 nitrogen and oxygen atoms in total. The molecule has 2 aliphatic rings. The standard InChI is InChI=1S/C26H33N3O/c1-4-29(5-2)16-15-27-26(30)19-13-14-24-23(17-19)21-11-8-12-22(21)25(28-24)20-10-7-6-9-18(20)3/h6-11,13-14,17,21-22,25,28H,4-5,12,15-16H2,1-3H3,(H,27,30). The molecule has 0 saturated carbocycles. The van der Waals surface area contributed by atoms with Crippen molar-refractivity contribution in [3.63, 3.8) is 0 Å². The van der Waals surface area contributed by atoms with Crippen molar-refractivity contribution in [3.05, 3.63) is 76.9 Å². The van der Waals surface area contributed by atoms with Gasteiger partial charge in [-0.1, -0.05) is 50.3 Å². The molecule has 2 aromatic carbocycles. The molecule has 30 heavy (non-hydrogen) atoms. The van der Waals surface area contributed by atoms with Gasteiger partial charge in [-0.05, 0) is 67.2 Å². The van der Waals surface area contributed by atoms with Gasteiger partial charge < -0.3 is 15.5 Å². The Morgan fingerprint density at radius 3 is 2.70 bits per heavy atom. The van der Waals surface area contributed by atoms with Gasteiger partial charge in [-0.3, -0.25) is 4.79 Å². The molecule has 1 amide bonds. The Kier molecular flexibility index (Phi) is 6.24. The molecule has 158 valence electrons. The van der Waals surface area contributed by atoms with Crippen LogP contribution in [0.1, 0.15) is 59.3 Å². The highest BCUT2D eigenvalue weighted by Crippen LogP contribution is 2.50. The van der Waals surface area contributed by atoms with Gasteiger partial charge in [-0.15, -0.1) is 0 Å². The van der Waals surface area contributed by atoms with Crippen LogP contribution in [0.25, 0.3) is 0 Å². The SMILES string of the molecule is CCN(CC)CCNC(=O)c1ccc2c(c1)C1C=CCC1C(c1ccccc1C)N2. The molecule has 1 heterocycles. The summed E-state index contributed by atoms with van der Waals surface area (Å²) in [5.74, 6) is 0.860.